The van der Waals surface area contributed by atoms with Crippen LogP contribution in [0, 0.1) is 10.8 Å². The molecule has 0 amide bonds. The second-order valence-electron chi connectivity index (χ2n) is 8.05. The van der Waals surface area contributed by atoms with E-state index in [1.165, 1.54) is 0 Å². The highest BCUT2D eigenvalue weighted by molar-refractivity contribution is 5.73. The van der Waals surface area contributed by atoms with Gasteiger partial charge in [-0.15, -0.1) is 0 Å². The number of rotatable bonds is 14. The molecule has 0 atom stereocenters. The van der Waals surface area contributed by atoms with Crippen LogP contribution in [0.5, 0.6) is 0 Å². The standard InChI is InChI=1S/C20H36O4/c1-19(2,17(21)22)15-13-11-9-7-5-6-8-10-12-14-16-20(3,4)18(23)24/h5-6H,7-16H2,1-4H3,(H,21,22)(H,23,24)/b6-5-. The molecule has 0 aliphatic carbocycles. The topological polar surface area (TPSA) is 74.6 Å². The smallest absolute Gasteiger partial charge is 0.309 e. The van der Waals surface area contributed by atoms with Gasteiger partial charge in [0.2, 0.25) is 0 Å². The third-order valence-electron chi connectivity index (χ3n) is 4.67. The number of allylic oxidation sites excluding steroid dienone is 2. The van der Waals surface area contributed by atoms with Crippen LogP contribution < -0.4 is 0 Å². The van der Waals surface area contributed by atoms with Gasteiger partial charge in [-0.1, -0.05) is 37.8 Å². The Bertz CT molecular complexity index is 370. The fourth-order valence-corrected chi connectivity index (χ4v) is 2.46. The first-order valence-corrected chi connectivity index (χ1v) is 9.21. The zero-order valence-electron chi connectivity index (χ0n) is 15.9. The first-order chi connectivity index (χ1) is 11.1. The largest absolute Gasteiger partial charge is 0.481 e. The number of carboxylic acids is 2. The summed E-state index contributed by atoms with van der Waals surface area (Å²) in [7, 11) is 0. The highest BCUT2D eigenvalue weighted by atomic mass is 16.4. The van der Waals surface area contributed by atoms with Gasteiger partial charge in [-0.25, -0.2) is 0 Å². The van der Waals surface area contributed by atoms with Crippen LogP contribution in [0.2, 0.25) is 0 Å². The zero-order valence-corrected chi connectivity index (χ0v) is 15.9. The summed E-state index contributed by atoms with van der Waals surface area (Å²) in [5.74, 6) is -1.43. The van der Waals surface area contributed by atoms with E-state index >= 15 is 0 Å². The molecule has 0 bridgehead atoms. The molecule has 0 fully saturated rings. The van der Waals surface area contributed by atoms with Gasteiger partial charge in [0.1, 0.15) is 0 Å². The number of carbonyl (C=O) groups is 2. The lowest BCUT2D eigenvalue weighted by Crippen LogP contribution is -2.23. The number of hydrogen-bond acceptors (Lipinski definition) is 2. The van der Waals surface area contributed by atoms with Crippen LogP contribution in [-0.2, 0) is 9.59 Å². The Kier molecular flexibility index (Phi) is 10.7. The first-order valence-electron chi connectivity index (χ1n) is 9.21. The molecule has 0 heterocycles. The zero-order chi connectivity index (χ0) is 18.6. The fourth-order valence-electron chi connectivity index (χ4n) is 2.46. The molecule has 0 aliphatic rings. The summed E-state index contributed by atoms with van der Waals surface area (Å²) in [4.78, 5) is 22.0. The van der Waals surface area contributed by atoms with Gasteiger partial charge in [-0.3, -0.25) is 9.59 Å². The SMILES string of the molecule is CC(C)(CCCCC/C=C\CCCCCC(C)(C)C(=O)O)C(=O)O. The molecule has 0 aromatic rings. The average Bonchev–Trinajstić information content (AvgIpc) is 2.47. The molecule has 4 heteroatoms. The van der Waals surface area contributed by atoms with Gasteiger partial charge in [0.25, 0.3) is 0 Å². The van der Waals surface area contributed by atoms with Gasteiger partial charge < -0.3 is 10.2 Å². The van der Waals surface area contributed by atoms with Crippen LogP contribution in [0.3, 0.4) is 0 Å². The van der Waals surface area contributed by atoms with Gasteiger partial charge in [0.05, 0.1) is 10.8 Å². The predicted molar refractivity (Wildman–Crippen MR) is 98.1 cm³/mol. The maximum atomic E-state index is 11.0. The summed E-state index contributed by atoms with van der Waals surface area (Å²) in [5.41, 5.74) is -1.21. The summed E-state index contributed by atoms with van der Waals surface area (Å²) in [6, 6.07) is 0. The van der Waals surface area contributed by atoms with Crippen molar-refractivity contribution in [1.82, 2.24) is 0 Å². The second-order valence-corrected chi connectivity index (χ2v) is 8.05. The van der Waals surface area contributed by atoms with Crippen molar-refractivity contribution in [2.75, 3.05) is 0 Å². The summed E-state index contributed by atoms with van der Waals surface area (Å²) in [6.07, 6.45) is 14.3. The Hall–Kier alpha value is -1.32. The molecule has 4 nitrogen and oxygen atoms in total. The van der Waals surface area contributed by atoms with Crippen molar-refractivity contribution in [3.63, 3.8) is 0 Å². The van der Waals surface area contributed by atoms with Gasteiger partial charge in [0.15, 0.2) is 0 Å². The number of carboxylic acid groups (broad SMARTS) is 2. The number of unbranched alkanes of at least 4 members (excludes halogenated alkanes) is 6. The normalized spacial score (nSPS) is 12.7. The van der Waals surface area contributed by atoms with E-state index in [1.807, 2.05) is 0 Å². The molecule has 0 unspecified atom stereocenters. The van der Waals surface area contributed by atoms with Crippen molar-refractivity contribution in [2.45, 2.75) is 91.9 Å². The van der Waals surface area contributed by atoms with E-state index in [0.29, 0.717) is 0 Å². The lowest BCUT2D eigenvalue weighted by molar-refractivity contribution is -0.148. The Balaban J connectivity index is 3.52. The molecular weight excluding hydrogens is 304 g/mol. The van der Waals surface area contributed by atoms with Crippen LogP contribution in [-0.4, -0.2) is 22.2 Å². The van der Waals surface area contributed by atoms with E-state index < -0.39 is 22.8 Å². The molecule has 0 aromatic heterocycles. The van der Waals surface area contributed by atoms with Crippen molar-refractivity contribution in [1.29, 1.82) is 0 Å². The Labute approximate surface area is 147 Å². The van der Waals surface area contributed by atoms with Crippen molar-refractivity contribution in [2.24, 2.45) is 10.8 Å². The molecule has 140 valence electrons. The molecule has 0 aliphatic heterocycles. The van der Waals surface area contributed by atoms with Crippen LogP contribution >= 0.6 is 0 Å². The van der Waals surface area contributed by atoms with Crippen LogP contribution in [0.4, 0.5) is 0 Å². The number of aliphatic carboxylic acids is 2. The maximum absolute atomic E-state index is 11.0. The predicted octanol–water partition coefficient (Wildman–Crippen LogP) is 5.67. The second kappa shape index (κ2) is 11.3. The Morgan fingerprint density at radius 1 is 0.667 bits per heavy atom. The highest BCUT2D eigenvalue weighted by Gasteiger charge is 2.26. The Morgan fingerprint density at radius 2 is 1.00 bits per heavy atom. The average molecular weight is 341 g/mol. The van der Waals surface area contributed by atoms with E-state index in [0.717, 1.165) is 64.2 Å². The number of hydrogen-bond donors (Lipinski definition) is 2. The van der Waals surface area contributed by atoms with Gasteiger partial charge in [-0.2, -0.15) is 0 Å². The molecule has 2 N–H and O–H groups in total. The minimum atomic E-state index is -0.714. The highest BCUT2D eigenvalue weighted by Crippen LogP contribution is 2.25. The van der Waals surface area contributed by atoms with Crippen molar-refractivity contribution < 1.29 is 19.8 Å². The molecule has 0 rings (SSSR count). The van der Waals surface area contributed by atoms with E-state index in [-0.39, 0.29) is 0 Å². The molecular formula is C20H36O4. The third kappa shape index (κ3) is 10.5. The summed E-state index contributed by atoms with van der Waals surface area (Å²) in [5, 5.41) is 18.1. The van der Waals surface area contributed by atoms with Crippen LogP contribution in [0.1, 0.15) is 91.9 Å². The molecule has 0 aromatic carbocycles. The molecule has 0 saturated heterocycles. The minimum absolute atomic E-state index is 0.606. The fraction of sp³-hybridized carbons (Fsp3) is 0.800. The molecule has 0 radical (unpaired) electrons. The lowest BCUT2D eigenvalue weighted by atomic mass is 9.87. The maximum Gasteiger partial charge on any atom is 0.309 e. The van der Waals surface area contributed by atoms with Crippen LogP contribution in [0.15, 0.2) is 12.2 Å². The summed E-state index contributed by atoms with van der Waals surface area (Å²) in [6.45, 7) is 7.14. The monoisotopic (exact) mass is 340 g/mol. The lowest BCUT2D eigenvalue weighted by Gasteiger charge is -2.18. The van der Waals surface area contributed by atoms with Gasteiger partial charge >= 0.3 is 11.9 Å². The summed E-state index contributed by atoms with van der Waals surface area (Å²) >= 11 is 0. The first kappa shape index (κ1) is 22.7. The molecule has 0 saturated carbocycles. The molecule has 24 heavy (non-hydrogen) atoms. The Morgan fingerprint density at radius 3 is 1.29 bits per heavy atom. The van der Waals surface area contributed by atoms with Gasteiger partial charge in [0, 0.05) is 0 Å². The van der Waals surface area contributed by atoms with E-state index in [1.54, 1.807) is 27.7 Å². The third-order valence-corrected chi connectivity index (χ3v) is 4.67. The van der Waals surface area contributed by atoms with Crippen molar-refractivity contribution >= 4 is 11.9 Å². The minimum Gasteiger partial charge on any atom is -0.481 e. The van der Waals surface area contributed by atoms with E-state index in [2.05, 4.69) is 12.2 Å². The van der Waals surface area contributed by atoms with Crippen LogP contribution in [0.25, 0.3) is 0 Å². The van der Waals surface area contributed by atoms with Gasteiger partial charge in [-0.05, 0) is 66.2 Å². The molecule has 0 spiro atoms. The quantitative estimate of drug-likeness (QED) is 0.316. The van der Waals surface area contributed by atoms with E-state index in [9.17, 15) is 9.59 Å². The van der Waals surface area contributed by atoms with E-state index in [4.69, 9.17) is 10.2 Å². The van der Waals surface area contributed by atoms with Crippen molar-refractivity contribution in [3.8, 4) is 0 Å². The summed E-state index contributed by atoms with van der Waals surface area (Å²) < 4.78 is 0. The van der Waals surface area contributed by atoms with Crippen molar-refractivity contribution in [3.05, 3.63) is 12.2 Å².